The van der Waals surface area contributed by atoms with Gasteiger partial charge in [-0.1, -0.05) is 6.08 Å². The molecular formula is C9H14F2O. The Labute approximate surface area is 71.1 Å². The first-order valence-corrected chi connectivity index (χ1v) is 4.19. The van der Waals surface area contributed by atoms with Gasteiger partial charge in [0.15, 0.2) is 0 Å². The lowest BCUT2D eigenvalue weighted by Gasteiger charge is -2.35. The highest BCUT2D eigenvalue weighted by atomic mass is 19.3. The minimum Gasteiger partial charge on any atom is -0.390 e. The summed E-state index contributed by atoms with van der Waals surface area (Å²) in [4.78, 5) is 0. The van der Waals surface area contributed by atoms with E-state index in [1.807, 2.05) is 0 Å². The summed E-state index contributed by atoms with van der Waals surface area (Å²) < 4.78 is 25.3. The van der Waals surface area contributed by atoms with Crippen molar-refractivity contribution < 1.29 is 13.9 Å². The number of alkyl halides is 2. The lowest BCUT2D eigenvalue weighted by molar-refractivity contribution is -0.102. The second-order valence-electron chi connectivity index (χ2n) is 3.57. The van der Waals surface area contributed by atoms with Crippen molar-refractivity contribution in [1.29, 1.82) is 0 Å². The van der Waals surface area contributed by atoms with Crippen LogP contribution >= 0.6 is 0 Å². The summed E-state index contributed by atoms with van der Waals surface area (Å²) in [6, 6.07) is 0. The van der Waals surface area contributed by atoms with Crippen molar-refractivity contribution in [3.8, 4) is 0 Å². The summed E-state index contributed by atoms with van der Waals surface area (Å²) in [5.41, 5.74) is -0.913. The molecule has 0 aromatic rings. The molecule has 1 aliphatic rings. The van der Waals surface area contributed by atoms with Crippen LogP contribution in [0.1, 0.15) is 32.1 Å². The van der Waals surface area contributed by atoms with Gasteiger partial charge < -0.3 is 5.11 Å². The van der Waals surface area contributed by atoms with Gasteiger partial charge in [0.05, 0.1) is 5.60 Å². The van der Waals surface area contributed by atoms with E-state index < -0.39 is 11.5 Å². The topological polar surface area (TPSA) is 20.2 Å². The smallest absolute Gasteiger partial charge is 0.248 e. The van der Waals surface area contributed by atoms with Crippen LogP contribution in [0.25, 0.3) is 0 Å². The molecule has 70 valence electrons. The van der Waals surface area contributed by atoms with E-state index in [1.54, 1.807) is 6.08 Å². The Hall–Kier alpha value is -0.440. The molecule has 0 aliphatic heterocycles. The molecule has 0 atom stereocenters. The third kappa shape index (κ3) is 2.27. The number of hydrogen-bond acceptors (Lipinski definition) is 1. The molecule has 1 N–H and O–H groups in total. The summed E-state index contributed by atoms with van der Waals surface area (Å²) in [7, 11) is 0. The third-order valence-electron chi connectivity index (χ3n) is 2.44. The standard InChI is InChI=1S/C9H14F2O/c1-2-3-8(12)4-6-9(10,11)7-5-8/h2,12H,1,3-7H2. The van der Waals surface area contributed by atoms with Gasteiger partial charge in [-0.3, -0.25) is 0 Å². The molecule has 1 nitrogen and oxygen atoms in total. The van der Waals surface area contributed by atoms with Crippen LogP contribution in [0.4, 0.5) is 8.78 Å². The maximum atomic E-state index is 12.7. The quantitative estimate of drug-likeness (QED) is 0.641. The summed E-state index contributed by atoms with van der Waals surface area (Å²) in [6.45, 7) is 3.49. The Kier molecular flexibility index (Phi) is 2.52. The first-order valence-electron chi connectivity index (χ1n) is 4.19. The molecular weight excluding hydrogens is 162 g/mol. The van der Waals surface area contributed by atoms with Crippen molar-refractivity contribution in [3.63, 3.8) is 0 Å². The lowest BCUT2D eigenvalue weighted by Crippen LogP contribution is -2.37. The fourth-order valence-corrected chi connectivity index (χ4v) is 1.55. The van der Waals surface area contributed by atoms with Gasteiger partial charge in [-0.25, -0.2) is 8.78 Å². The van der Waals surface area contributed by atoms with Gasteiger partial charge in [0, 0.05) is 12.8 Å². The first-order chi connectivity index (χ1) is 5.47. The Bertz CT molecular complexity index is 167. The van der Waals surface area contributed by atoms with Gasteiger partial charge in [-0.05, 0) is 19.3 Å². The van der Waals surface area contributed by atoms with E-state index in [1.165, 1.54) is 0 Å². The number of aliphatic hydroxyl groups is 1. The van der Waals surface area contributed by atoms with Crippen LogP contribution in [0.3, 0.4) is 0 Å². The average molecular weight is 176 g/mol. The van der Waals surface area contributed by atoms with Crippen molar-refractivity contribution >= 4 is 0 Å². The molecule has 1 aliphatic carbocycles. The van der Waals surface area contributed by atoms with Gasteiger partial charge in [-0.2, -0.15) is 0 Å². The molecule has 0 radical (unpaired) electrons. The highest BCUT2D eigenvalue weighted by Gasteiger charge is 2.41. The SMILES string of the molecule is C=CCC1(O)CCC(F)(F)CC1. The molecule has 0 aromatic carbocycles. The van der Waals surface area contributed by atoms with E-state index in [0.29, 0.717) is 6.42 Å². The number of halogens is 2. The van der Waals surface area contributed by atoms with Crippen LogP contribution in [0.2, 0.25) is 0 Å². The maximum absolute atomic E-state index is 12.7. The van der Waals surface area contributed by atoms with Crippen LogP contribution in [-0.2, 0) is 0 Å². The number of hydrogen-bond donors (Lipinski definition) is 1. The van der Waals surface area contributed by atoms with Crippen molar-refractivity contribution in [1.82, 2.24) is 0 Å². The van der Waals surface area contributed by atoms with E-state index in [2.05, 4.69) is 6.58 Å². The first kappa shape index (κ1) is 9.65. The predicted octanol–water partition coefficient (Wildman–Crippen LogP) is 2.50. The van der Waals surface area contributed by atoms with Crippen LogP contribution in [-0.4, -0.2) is 16.6 Å². The van der Waals surface area contributed by atoms with E-state index >= 15 is 0 Å². The van der Waals surface area contributed by atoms with E-state index in [4.69, 9.17) is 0 Å². The molecule has 0 unspecified atom stereocenters. The lowest BCUT2D eigenvalue weighted by atomic mass is 9.81. The second kappa shape index (κ2) is 3.13. The highest BCUT2D eigenvalue weighted by Crippen LogP contribution is 2.39. The summed E-state index contributed by atoms with van der Waals surface area (Å²) in [5, 5.41) is 9.70. The van der Waals surface area contributed by atoms with E-state index in [9.17, 15) is 13.9 Å². The van der Waals surface area contributed by atoms with Crippen molar-refractivity contribution in [2.75, 3.05) is 0 Å². The van der Waals surface area contributed by atoms with Gasteiger partial charge in [0.2, 0.25) is 5.92 Å². The Balaban J connectivity index is 2.49. The molecule has 1 saturated carbocycles. The fourth-order valence-electron chi connectivity index (χ4n) is 1.55. The third-order valence-corrected chi connectivity index (χ3v) is 2.44. The van der Waals surface area contributed by atoms with E-state index in [-0.39, 0.29) is 25.7 Å². The molecule has 1 rings (SSSR count). The van der Waals surface area contributed by atoms with Gasteiger partial charge in [-0.15, -0.1) is 6.58 Å². The van der Waals surface area contributed by atoms with Crippen LogP contribution < -0.4 is 0 Å². The summed E-state index contributed by atoms with van der Waals surface area (Å²) in [5.74, 6) is -2.56. The molecule has 0 spiro atoms. The molecule has 3 heteroatoms. The molecule has 0 saturated heterocycles. The monoisotopic (exact) mass is 176 g/mol. The van der Waals surface area contributed by atoms with Crippen LogP contribution in [0, 0.1) is 0 Å². The van der Waals surface area contributed by atoms with Gasteiger partial charge >= 0.3 is 0 Å². The second-order valence-corrected chi connectivity index (χ2v) is 3.57. The van der Waals surface area contributed by atoms with E-state index in [0.717, 1.165) is 0 Å². The number of rotatable bonds is 2. The average Bonchev–Trinajstić information content (AvgIpc) is 1.98. The molecule has 12 heavy (non-hydrogen) atoms. The molecule has 0 amide bonds. The minimum absolute atomic E-state index is 0.187. The van der Waals surface area contributed by atoms with Gasteiger partial charge in [0.25, 0.3) is 0 Å². The molecule has 0 bridgehead atoms. The Morgan fingerprint density at radius 1 is 1.25 bits per heavy atom. The molecule has 0 aromatic heterocycles. The van der Waals surface area contributed by atoms with Crippen molar-refractivity contribution in [3.05, 3.63) is 12.7 Å². The van der Waals surface area contributed by atoms with Crippen LogP contribution in [0.15, 0.2) is 12.7 Å². The van der Waals surface area contributed by atoms with Crippen molar-refractivity contribution in [2.24, 2.45) is 0 Å². The Morgan fingerprint density at radius 3 is 2.17 bits per heavy atom. The predicted molar refractivity (Wildman–Crippen MR) is 43.2 cm³/mol. The normalized spacial score (nSPS) is 26.6. The van der Waals surface area contributed by atoms with Crippen molar-refractivity contribution in [2.45, 2.75) is 43.6 Å². The van der Waals surface area contributed by atoms with Gasteiger partial charge in [0.1, 0.15) is 0 Å². The Morgan fingerprint density at radius 2 is 1.75 bits per heavy atom. The zero-order chi connectivity index (χ0) is 9.24. The van der Waals surface area contributed by atoms with Crippen LogP contribution in [0.5, 0.6) is 0 Å². The molecule has 1 fully saturated rings. The fraction of sp³-hybridized carbons (Fsp3) is 0.778. The maximum Gasteiger partial charge on any atom is 0.248 e. The largest absolute Gasteiger partial charge is 0.390 e. The zero-order valence-corrected chi connectivity index (χ0v) is 7.02. The summed E-state index contributed by atoms with van der Waals surface area (Å²) >= 11 is 0. The minimum atomic E-state index is -2.56. The molecule has 0 heterocycles. The zero-order valence-electron chi connectivity index (χ0n) is 7.02. The highest BCUT2D eigenvalue weighted by molar-refractivity contribution is 4.92. The summed E-state index contributed by atoms with van der Waals surface area (Å²) in [6.07, 6.45) is 1.99.